The molecule has 0 unspecified atom stereocenters. The van der Waals surface area contributed by atoms with Crippen molar-refractivity contribution >= 4 is 38.7 Å². The molecule has 1 aromatic heterocycles. The minimum atomic E-state index is 0.990. The summed E-state index contributed by atoms with van der Waals surface area (Å²) < 4.78 is 2.48. The van der Waals surface area contributed by atoms with Gasteiger partial charge in [0.25, 0.3) is 0 Å². The number of aromatic nitrogens is 2. The molecule has 0 aliphatic carbocycles. The van der Waals surface area contributed by atoms with Crippen molar-refractivity contribution in [2.24, 2.45) is 0 Å². The topological polar surface area (TPSA) is 17.8 Å². The monoisotopic (exact) mass is 432 g/mol. The Kier molecular flexibility index (Phi) is 6.26. The Balaban J connectivity index is 1.74. The Hall–Kier alpha value is -3.39. The van der Waals surface area contributed by atoms with E-state index in [0.29, 0.717) is 0 Å². The number of fused-ring (bicyclic) bond motifs is 6. The second kappa shape index (κ2) is 9.62. The van der Waals surface area contributed by atoms with Gasteiger partial charge in [-0.3, -0.25) is 0 Å². The van der Waals surface area contributed by atoms with Crippen LogP contribution in [0.2, 0.25) is 0 Å². The van der Waals surface area contributed by atoms with Crippen LogP contribution in [-0.4, -0.2) is 9.55 Å². The van der Waals surface area contributed by atoms with Gasteiger partial charge in [0.2, 0.25) is 0 Å². The van der Waals surface area contributed by atoms with Crippen LogP contribution in [0.5, 0.6) is 0 Å². The van der Waals surface area contributed by atoms with Gasteiger partial charge in [-0.25, -0.2) is 4.98 Å². The summed E-state index contributed by atoms with van der Waals surface area (Å²) >= 11 is 0. The Morgan fingerprint density at radius 3 is 2.24 bits per heavy atom. The summed E-state index contributed by atoms with van der Waals surface area (Å²) in [5, 5.41) is 5.04. The van der Waals surface area contributed by atoms with E-state index in [0.717, 1.165) is 23.4 Å². The van der Waals surface area contributed by atoms with Crippen molar-refractivity contribution in [1.82, 2.24) is 9.55 Å². The van der Waals surface area contributed by atoms with Crippen molar-refractivity contribution in [1.29, 1.82) is 0 Å². The highest BCUT2D eigenvalue weighted by atomic mass is 15.1. The van der Waals surface area contributed by atoms with E-state index in [1.165, 1.54) is 71.1 Å². The Morgan fingerprint density at radius 1 is 0.758 bits per heavy atom. The molecule has 1 heterocycles. The fourth-order valence-corrected chi connectivity index (χ4v) is 5.03. The van der Waals surface area contributed by atoms with Gasteiger partial charge < -0.3 is 4.57 Å². The molecular weight excluding hydrogens is 400 g/mol. The highest BCUT2D eigenvalue weighted by Gasteiger charge is 2.18. The predicted molar refractivity (Wildman–Crippen MR) is 144 cm³/mol. The third-order valence-corrected chi connectivity index (χ3v) is 6.74. The van der Waals surface area contributed by atoms with Crippen molar-refractivity contribution in [2.45, 2.75) is 52.0 Å². The molecule has 0 atom stereocenters. The highest BCUT2D eigenvalue weighted by molar-refractivity contribution is 6.24. The van der Waals surface area contributed by atoms with E-state index >= 15 is 0 Å². The summed E-state index contributed by atoms with van der Waals surface area (Å²) in [4.78, 5) is 5.29. The van der Waals surface area contributed by atoms with Crippen LogP contribution in [0.25, 0.3) is 50.0 Å². The zero-order chi connectivity index (χ0) is 22.6. The second-order valence-electron chi connectivity index (χ2n) is 8.97. The van der Waals surface area contributed by atoms with E-state index in [-0.39, 0.29) is 0 Å². The van der Waals surface area contributed by atoms with E-state index < -0.39 is 0 Å². The number of unbranched alkanes of at least 4 members (excludes halogenated alkanes) is 5. The van der Waals surface area contributed by atoms with Crippen molar-refractivity contribution in [3.8, 4) is 11.4 Å². The van der Waals surface area contributed by atoms with Crippen LogP contribution < -0.4 is 0 Å². The largest absolute Gasteiger partial charge is 0.323 e. The summed E-state index contributed by atoms with van der Waals surface area (Å²) in [6.45, 7) is 7.26. The fraction of sp³-hybridized carbons (Fsp3) is 0.258. The molecule has 0 saturated carbocycles. The molecule has 2 nitrogen and oxygen atoms in total. The molecule has 0 radical (unpaired) electrons. The van der Waals surface area contributed by atoms with Gasteiger partial charge in [0.1, 0.15) is 5.82 Å². The Morgan fingerprint density at radius 2 is 1.45 bits per heavy atom. The maximum Gasteiger partial charge on any atom is 0.141 e. The maximum absolute atomic E-state index is 5.29. The van der Waals surface area contributed by atoms with Crippen LogP contribution in [0.1, 0.15) is 51.0 Å². The van der Waals surface area contributed by atoms with Crippen molar-refractivity contribution < 1.29 is 0 Å². The third-order valence-electron chi connectivity index (χ3n) is 6.74. The quantitative estimate of drug-likeness (QED) is 0.168. The molecule has 0 spiro atoms. The fourth-order valence-electron chi connectivity index (χ4n) is 5.03. The van der Waals surface area contributed by atoms with E-state index in [2.05, 4.69) is 90.9 Å². The van der Waals surface area contributed by atoms with Gasteiger partial charge in [-0.2, -0.15) is 0 Å². The van der Waals surface area contributed by atoms with Crippen LogP contribution in [0.4, 0.5) is 0 Å². The summed E-state index contributed by atoms with van der Waals surface area (Å²) in [5.74, 6) is 1.07. The van der Waals surface area contributed by atoms with Crippen molar-refractivity contribution in [2.75, 3.05) is 0 Å². The van der Waals surface area contributed by atoms with Crippen LogP contribution in [0.3, 0.4) is 0 Å². The molecule has 33 heavy (non-hydrogen) atoms. The summed E-state index contributed by atoms with van der Waals surface area (Å²) in [6, 6.07) is 26.1. The molecule has 0 aliphatic heterocycles. The summed E-state index contributed by atoms with van der Waals surface area (Å²) in [5.41, 5.74) is 4.66. The van der Waals surface area contributed by atoms with E-state index in [1.54, 1.807) is 0 Å². The number of nitrogens with zero attached hydrogens (tertiary/aromatic N) is 2. The van der Waals surface area contributed by atoms with Gasteiger partial charge in [-0.15, -0.1) is 0 Å². The first kappa shape index (κ1) is 21.5. The van der Waals surface area contributed by atoms with Crippen LogP contribution >= 0.6 is 0 Å². The van der Waals surface area contributed by atoms with Crippen LogP contribution in [-0.2, 0) is 6.54 Å². The maximum atomic E-state index is 5.29. The number of hydrogen-bond donors (Lipinski definition) is 0. The molecule has 0 fully saturated rings. The van der Waals surface area contributed by atoms with Gasteiger partial charge in [-0.1, -0.05) is 118 Å². The normalized spacial score (nSPS) is 11.5. The highest BCUT2D eigenvalue weighted by Crippen LogP contribution is 2.38. The average molecular weight is 433 g/mol. The van der Waals surface area contributed by atoms with Gasteiger partial charge in [0, 0.05) is 22.9 Å². The standard InChI is InChI=1S/C31H32N2/c1-3-5-6-7-8-14-21-33-30-27-18-13-12-17-25(27)26-20-19-23(4-2)22-28(26)29(30)32-31(33)24-15-10-9-11-16-24/h4,9-13,15-20,22H,2-3,5-8,14,21H2,1H3. The molecule has 0 saturated heterocycles. The lowest BCUT2D eigenvalue weighted by atomic mass is 9.98. The van der Waals surface area contributed by atoms with Gasteiger partial charge in [0.15, 0.2) is 0 Å². The third kappa shape index (κ3) is 4.06. The second-order valence-corrected chi connectivity index (χ2v) is 8.97. The van der Waals surface area contributed by atoms with Gasteiger partial charge in [0.05, 0.1) is 11.0 Å². The zero-order valence-electron chi connectivity index (χ0n) is 19.6. The minimum absolute atomic E-state index is 0.990. The van der Waals surface area contributed by atoms with Crippen molar-refractivity contribution in [3.05, 3.63) is 84.9 Å². The Labute approximate surface area is 196 Å². The number of imidazole rings is 1. The first-order valence-corrected chi connectivity index (χ1v) is 12.3. The molecule has 2 heteroatoms. The molecule has 0 N–H and O–H groups in total. The SMILES string of the molecule is C=Cc1ccc2c3ccccc3c3c(nc(-c4ccccc4)n3CCCCCCCC)c2c1. The average Bonchev–Trinajstić information content (AvgIpc) is 3.26. The molecule has 0 bridgehead atoms. The number of aryl methyl sites for hydroxylation is 1. The summed E-state index contributed by atoms with van der Waals surface area (Å²) in [7, 11) is 0. The molecule has 4 aromatic carbocycles. The first-order valence-electron chi connectivity index (χ1n) is 12.3. The zero-order valence-corrected chi connectivity index (χ0v) is 19.6. The smallest absolute Gasteiger partial charge is 0.141 e. The lowest BCUT2D eigenvalue weighted by Gasteiger charge is -2.12. The van der Waals surface area contributed by atoms with Crippen LogP contribution in [0.15, 0.2) is 79.4 Å². The van der Waals surface area contributed by atoms with Gasteiger partial charge in [-0.05, 0) is 28.8 Å². The number of rotatable bonds is 9. The van der Waals surface area contributed by atoms with E-state index in [4.69, 9.17) is 4.98 Å². The van der Waals surface area contributed by atoms with E-state index in [1.807, 2.05) is 6.08 Å². The molecule has 0 amide bonds. The Bertz CT molecular complexity index is 1410. The minimum Gasteiger partial charge on any atom is -0.323 e. The lowest BCUT2D eigenvalue weighted by molar-refractivity contribution is 0.566. The van der Waals surface area contributed by atoms with Crippen LogP contribution in [0, 0.1) is 0 Å². The molecule has 5 aromatic rings. The van der Waals surface area contributed by atoms with Crippen molar-refractivity contribution in [3.63, 3.8) is 0 Å². The van der Waals surface area contributed by atoms with E-state index in [9.17, 15) is 0 Å². The molecular formula is C31H32N2. The first-order chi connectivity index (χ1) is 16.3. The molecule has 166 valence electrons. The van der Waals surface area contributed by atoms with Gasteiger partial charge >= 0.3 is 0 Å². The molecule has 5 rings (SSSR count). The summed E-state index contributed by atoms with van der Waals surface area (Å²) in [6.07, 6.45) is 9.64. The number of hydrogen-bond acceptors (Lipinski definition) is 1. The lowest BCUT2D eigenvalue weighted by Crippen LogP contribution is -2.01. The predicted octanol–water partition coefficient (Wildman–Crippen LogP) is 9.01. The molecule has 0 aliphatic rings. The number of benzene rings is 4.